The van der Waals surface area contributed by atoms with Gasteiger partial charge in [-0.3, -0.25) is 9.59 Å². The Kier molecular flexibility index (Phi) is 6.98. The van der Waals surface area contributed by atoms with Crippen LogP contribution in [0.2, 0.25) is 0 Å². The molecule has 0 bridgehead atoms. The zero-order valence-electron chi connectivity index (χ0n) is 19.1. The summed E-state index contributed by atoms with van der Waals surface area (Å²) in [6, 6.07) is 15.2. The highest BCUT2D eigenvalue weighted by molar-refractivity contribution is 5.95. The fourth-order valence-electron chi connectivity index (χ4n) is 4.48. The summed E-state index contributed by atoms with van der Waals surface area (Å²) in [5, 5.41) is 0. The van der Waals surface area contributed by atoms with Crippen molar-refractivity contribution >= 4 is 17.5 Å². The largest absolute Gasteiger partial charge is 0.493 e. The first-order chi connectivity index (χ1) is 15.5. The Morgan fingerprint density at radius 2 is 1.41 bits per heavy atom. The number of hydrogen-bond donors (Lipinski definition) is 0. The molecule has 2 aliphatic heterocycles. The molecule has 2 saturated heterocycles. The maximum atomic E-state index is 12.9. The molecule has 0 N–H and O–H groups in total. The lowest BCUT2D eigenvalue weighted by atomic mass is 9.98. The van der Waals surface area contributed by atoms with Gasteiger partial charge < -0.3 is 19.4 Å². The summed E-state index contributed by atoms with van der Waals surface area (Å²) in [5.74, 6) is 1.27. The van der Waals surface area contributed by atoms with E-state index in [4.69, 9.17) is 4.74 Å². The van der Waals surface area contributed by atoms with Crippen LogP contribution in [-0.2, 0) is 0 Å². The van der Waals surface area contributed by atoms with Crippen molar-refractivity contribution in [2.45, 2.75) is 25.7 Å². The first-order valence-electron chi connectivity index (χ1n) is 11.6. The Morgan fingerprint density at radius 1 is 0.844 bits per heavy atom. The molecule has 2 aromatic carbocycles. The topological polar surface area (TPSA) is 53.1 Å². The van der Waals surface area contributed by atoms with E-state index in [2.05, 4.69) is 0 Å². The zero-order chi connectivity index (χ0) is 22.5. The monoisotopic (exact) mass is 435 g/mol. The molecule has 1 atom stereocenters. The molecule has 2 fully saturated rings. The van der Waals surface area contributed by atoms with Gasteiger partial charge in [0.15, 0.2) is 0 Å². The number of carbonyl (C=O) groups excluding carboxylic acids is 2. The second kappa shape index (κ2) is 10.1. The van der Waals surface area contributed by atoms with Crippen LogP contribution >= 0.6 is 0 Å². The number of anilines is 1. The second-order valence-corrected chi connectivity index (χ2v) is 9.04. The molecule has 2 heterocycles. The summed E-state index contributed by atoms with van der Waals surface area (Å²) < 4.78 is 6.01. The SMILES string of the molecule is CN(C)c1ccc(C(=O)N2CCC[C@@H](COc3ccc(C(=O)N4CCCC4)cc3)C2)cc1. The maximum absolute atomic E-state index is 12.9. The first-order valence-corrected chi connectivity index (χ1v) is 11.6. The maximum Gasteiger partial charge on any atom is 0.253 e. The fraction of sp³-hybridized carbons (Fsp3) is 0.462. The van der Waals surface area contributed by atoms with Crippen molar-refractivity contribution in [2.75, 3.05) is 51.8 Å². The first kappa shape index (κ1) is 22.2. The van der Waals surface area contributed by atoms with Crippen molar-refractivity contribution in [3.8, 4) is 5.75 Å². The molecular formula is C26H33N3O3. The van der Waals surface area contributed by atoms with E-state index in [1.165, 1.54) is 0 Å². The summed E-state index contributed by atoms with van der Waals surface area (Å²) in [5.41, 5.74) is 2.53. The van der Waals surface area contributed by atoms with E-state index in [0.29, 0.717) is 24.6 Å². The molecule has 2 amide bonds. The molecule has 2 aromatic rings. The average Bonchev–Trinajstić information content (AvgIpc) is 3.37. The third-order valence-electron chi connectivity index (χ3n) is 6.42. The number of likely N-dealkylation sites (tertiary alicyclic amines) is 2. The quantitative estimate of drug-likeness (QED) is 0.690. The van der Waals surface area contributed by atoms with Crippen molar-refractivity contribution < 1.29 is 14.3 Å². The molecule has 6 heteroatoms. The molecule has 6 nitrogen and oxygen atoms in total. The normalized spacial score (nSPS) is 18.5. The molecule has 0 unspecified atom stereocenters. The van der Waals surface area contributed by atoms with E-state index >= 15 is 0 Å². The standard InChI is InChI=1S/C26H33N3O3/c1-27(2)23-11-7-21(8-12-23)26(31)29-17-5-6-20(18-29)19-32-24-13-9-22(10-14-24)25(30)28-15-3-4-16-28/h7-14,20H,3-6,15-19H2,1-2H3/t20-/m1/s1. The van der Waals surface area contributed by atoms with Gasteiger partial charge in [-0.1, -0.05) is 0 Å². The van der Waals surface area contributed by atoms with Gasteiger partial charge >= 0.3 is 0 Å². The van der Waals surface area contributed by atoms with Crippen LogP contribution in [0.4, 0.5) is 5.69 Å². The highest BCUT2D eigenvalue weighted by atomic mass is 16.5. The molecule has 2 aliphatic rings. The summed E-state index contributed by atoms with van der Waals surface area (Å²) in [6.45, 7) is 3.78. The molecule has 0 aliphatic carbocycles. The number of piperidine rings is 1. The van der Waals surface area contributed by atoms with Crippen molar-refractivity contribution in [1.82, 2.24) is 9.80 Å². The number of amides is 2. The summed E-state index contributed by atoms with van der Waals surface area (Å²) in [4.78, 5) is 31.3. The molecule has 0 spiro atoms. The van der Waals surface area contributed by atoms with E-state index in [1.54, 1.807) is 0 Å². The van der Waals surface area contributed by atoms with Gasteiger partial charge in [-0.2, -0.15) is 0 Å². The molecule has 32 heavy (non-hydrogen) atoms. The molecule has 4 rings (SSSR count). The van der Waals surface area contributed by atoms with Crippen LogP contribution in [0.25, 0.3) is 0 Å². The Bertz CT molecular complexity index is 918. The Labute approximate surface area is 190 Å². The van der Waals surface area contributed by atoms with Crippen LogP contribution in [-0.4, -0.2) is 68.5 Å². The number of nitrogens with zero attached hydrogens (tertiary/aromatic N) is 3. The van der Waals surface area contributed by atoms with Crippen LogP contribution in [0.1, 0.15) is 46.4 Å². The Balaban J connectivity index is 1.29. The lowest BCUT2D eigenvalue weighted by Crippen LogP contribution is -2.41. The predicted octanol–water partition coefficient (Wildman–Crippen LogP) is 3.92. The van der Waals surface area contributed by atoms with Crippen LogP contribution in [0.5, 0.6) is 5.75 Å². The van der Waals surface area contributed by atoms with E-state index in [-0.39, 0.29) is 11.8 Å². The molecule has 170 valence electrons. The van der Waals surface area contributed by atoms with Crippen LogP contribution in [0.3, 0.4) is 0 Å². The summed E-state index contributed by atoms with van der Waals surface area (Å²) >= 11 is 0. The average molecular weight is 436 g/mol. The second-order valence-electron chi connectivity index (χ2n) is 9.04. The van der Waals surface area contributed by atoms with Crippen LogP contribution in [0, 0.1) is 5.92 Å². The van der Waals surface area contributed by atoms with Gasteiger partial charge in [0, 0.05) is 63.0 Å². The number of carbonyl (C=O) groups is 2. The van der Waals surface area contributed by atoms with Gasteiger partial charge in [0.1, 0.15) is 5.75 Å². The summed E-state index contributed by atoms with van der Waals surface area (Å²) in [6.07, 6.45) is 4.22. The van der Waals surface area contributed by atoms with Crippen LogP contribution in [0.15, 0.2) is 48.5 Å². The third kappa shape index (κ3) is 5.23. The van der Waals surface area contributed by atoms with Crippen molar-refractivity contribution in [3.63, 3.8) is 0 Å². The predicted molar refractivity (Wildman–Crippen MR) is 126 cm³/mol. The van der Waals surface area contributed by atoms with Gasteiger partial charge in [-0.25, -0.2) is 0 Å². The minimum atomic E-state index is 0.0878. The van der Waals surface area contributed by atoms with Gasteiger partial charge in [0.25, 0.3) is 11.8 Å². The van der Waals surface area contributed by atoms with E-state index < -0.39 is 0 Å². The molecule has 0 saturated carbocycles. The highest BCUT2D eigenvalue weighted by Crippen LogP contribution is 2.22. The van der Waals surface area contributed by atoms with Gasteiger partial charge in [-0.05, 0) is 74.2 Å². The van der Waals surface area contributed by atoms with Crippen molar-refractivity contribution in [3.05, 3.63) is 59.7 Å². The Hall–Kier alpha value is -3.02. The summed E-state index contributed by atoms with van der Waals surface area (Å²) in [7, 11) is 3.98. The minimum Gasteiger partial charge on any atom is -0.493 e. The number of benzene rings is 2. The minimum absolute atomic E-state index is 0.0878. The zero-order valence-corrected chi connectivity index (χ0v) is 19.1. The van der Waals surface area contributed by atoms with Crippen molar-refractivity contribution in [2.24, 2.45) is 5.92 Å². The number of hydrogen-bond acceptors (Lipinski definition) is 4. The smallest absolute Gasteiger partial charge is 0.253 e. The Morgan fingerprint density at radius 3 is 2.03 bits per heavy atom. The van der Waals surface area contributed by atoms with Crippen molar-refractivity contribution in [1.29, 1.82) is 0 Å². The lowest BCUT2D eigenvalue weighted by molar-refractivity contribution is 0.0633. The van der Waals surface area contributed by atoms with E-state index in [0.717, 1.165) is 62.3 Å². The van der Waals surface area contributed by atoms with Crippen LogP contribution < -0.4 is 9.64 Å². The molecule has 0 radical (unpaired) electrons. The van der Waals surface area contributed by atoms with E-state index in [1.807, 2.05) is 77.3 Å². The van der Waals surface area contributed by atoms with Gasteiger partial charge in [0.2, 0.25) is 0 Å². The van der Waals surface area contributed by atoms with E-state index in [9.17, 15) is 9.59 Å². The number of rotatable bonds is 6. The van der Waals surface area contributed by atoms with Gasteiger partial charge in [-0.15, -0.1) is 0 Å². The highest BCUT2D eigenvalue weighted by Gasteiger charge is 2.25. The number of ether oxygens (including phenoxy) is 1. The fourth-order valence-corrected chi connectivity index (χ4v) is 4.48. The third-order valence-corrected chi connectivity index (χ3v) is 6.42. The molecular weight excluding hydrogens is 402 g/mol. The molecule has 0 aromatic heterocycles. The van der Waals surface area contributed by atoms with Gasteiger partial charge in [0.05, 0.1) is 6.61 Å². The lowest BCUT2D eigenvalue weighted by Gasteiger charge is -2.32.